The van der Waals surface area contributed by atoms with E-state index in [4.69, 9.17) is 16.3 Å². The molecule has 0 saturated carbocycles. The molecule has 1 heterocycles. The fourth-order valence-electron chi connectivity index (χ4n) is 3.34. The third kappa shape index (κ3) is 5.85. The number of nitrogens with one attached hydrogen (secondary N) is 1. The number of carbonyl (C=O) groups is 2. The van der Waals surface area contributed by atoms with E-state index in [2.05, 4.69) is 5.32 Å². The number of hydrogen-bond acceptors (Lipinski definition) is 5. The van der Waals surface area contributed by atoms with Crippen LogP contribution in [0.4, 0.5) is 10.1 Å². The van der Waals surface area contributed by atoms with E-state index in [1.165, 1.54) is 47.6 Å². The van der Waals surface area contributed by atoms with Crippen molar-refractivity contribution in [2.75, 3.05) is 18.4 Å². The molecule has 0 aromatic heterocycles. The second kappa shape index (κ2) is 10.4. The molecule has 1 fully saturated rings. The molecule has 32 heavy (non-hydrogen) atoms. The zero-order valence-corrected chi connectivity index (χ0v) is 19.1. The lowest BCUT2D eigenvalue weighted by atomic mass is 10.1. The Hall–Kier alpha value is -2.49. The first-order valence-electron chi connectivity index (χ1n) is 10.2. The van der Waals surface area contributed by atoms with Gasteiger partial charge in [0, 0.05) is 13.1 Å². The SMILES string of the molecule is CC(OC(=O)Cc1ccccc1F)C(=O)Nc1cc(S(=O)(=O)N2CCCCC2)ccc1Cl. The summed E-state index contributed by atoms with van der Waals surface area (Å²) in [6, 6.07) is 9.85. The lowest BCUT2D eigenvalue weighted by Crippen LogP contribution is -2.35. The number of anilines is 1. The number of nitrogens with zero attached hydrogens (tertiary/aromatic N) is 1. The minimum Gasteiger partial charge on any atom is -0.452 e. The van der Waals surface area contributed by atoms with Gasteiger partial charge in [-0.05, 0) is 49.6 Å². The molecular formula is C22H24ClFN2O5S. The highest BCUT2D eigenvalue weighted by Gasteiger charge is 2.27. The predicted molar refractivity (Wildman–Crippen MR) is 118 cm³/mol. The van der Waals surface area contributed by atoms with E-state index in [-0.39, 0.29) is 27.6 Å². The average Bonchev–Trinajstić information content (AvgIpc) is 2.77. The van der Waals surface area contributed by atoms with Crippen molar-refractivity contribution in [3.63, 3.8) is 0 Å². The van der Waals surface area contributed by atoms with Crippen LogP contribution in [0.15, 0.2) is 47.4 Å². The van der Waals surface area contributed by atoms with E-state index >= 15 is 0 Å². The molecule has 1 aliphatic rings. The van der Waals surface area contributed by atoms with Crippen molar-refractivity contribution in [2.24, 2.45) is 0 Å². The molecule has 0 spiro atoms. The number of rotatable bonds is 7. The Kier molecular flexibility index (Phi) is 7.86. The molecule has 172 valence electrons. The Balaban J connectivity index is 1.67. The number of benzene rings is 2. The van der Waals surface area contributed by atoms with Crippen molar-refractivity contribution in [1.82, 2.24) is 4.31 Å². The van der Waals surface area contributed by atoms with Gasteiger partial charge in [-0.2, -0.15) is 4.31 Å². The van der Waals surface area contributed by atoms with Gasteiger partial charge in [0.05, 0.1) is 22.0 Å². The first kappa shape index (κ1) is 24.2. The van der Waals surface area contributed by atoms with Gasteiger partial charge in [0.1, 0.15) is 5.82 Å². The predicted octanol–water partition coefficient (Wildman–Crippen LogP) is 3.77. The fourth-order valence-corrected chi connectivity index (χ4v) is 5.05. The van der Waals surface area contributed by atoms with Crippen LogP contribution in [0.25, 0.3) is 0 Å². The number of ether oxygens (including phenoxy) is 1. The zero-order chi connectivity index (χ0) is 23.3. The number of hydrogen-bond donors (Lipinski definition) is 1. The fraction of sp³-hybridized carbons (Fsp3) is 0.364. The highest BCUT2D eigenvalue weighted by atomic mass is 35.5. The van der Waals surface area contributed by atoms with Crippen molar-refractivity contribution < 1.29 is 27.1 Å². The summed E-state index contributed by atoms with van der Waals surface area (Å²) >= 11 is 6.14. The van der Waals surface area contributed by atoms with Crippen LogP contribution in [-0.4, -0.2) is 43.8 Å². The third-order valence-corrected chi connectivity index (χ3v) is 7.34. The van der Waals surface area contributed by atoms with Crippen LogP contribution in [0, 0.1) is 5.82 Å². The second-order valence-electron chi connectivity index (χ2n) is 7.50. The van der Waals surface area contributed by atoms with Crippen molar-refractivity contribution in [3.05, 3.63) is 58.9 Å². The van der Waals surface area contributed by atoms with Gasteiger partial charge < -0.3 is 10.1 Å². The summed E-state index contributed by atoms with van der Waals surface area (Å²) in [4.78, 5) is 24.6. The molecule has 10 heteroatoms. The quantitative estimate of drug-likeness (QED) is 0.606. The maximum atomic E-state index is 13.7. The van der Waals surface area contributed by atoms with Gasteiger partial charge in [-0.1, -0.05) is 36.2 Å². The molecule has 0 aliphatic carbocycles. The number of carbonyl (C=O) groups excluding carboxylic acids is 2. The smallest absolute Gasteiger partial charge is 0.311 e. The summed E-state index contributed by atoms with van der Waals surface area (Å²) in [5, 5.41) is 2.64. The Bertz CT molecular complexity index is 1100. The van der Waals surface area contributed by atoms with Gasteiger partial charge in [0.15, 0.2) is 6.10 Å². The normalized spacial score (nSPS) is 15.7. The second-order valence-corrected chi connectivity index (χ2v) is 9.84. The number of piperidine rings is 1. The first-order valence-corrected chi connectivity index (χ1v) is 12.0. The lowest BCUT2D eigenvalue weighted by molar-refractivity contribution is -0.152. The summed E-state index contributed by atoms with van der Waals surface area (Å²) in [6.07, 6.45) is 1.06. The number of esters is 1. The molecule has 0 radical (unpaired) electrons. The van der Waals surface area contributed by atoms with Gasteiger partial charge in [-0.3, -0.25) is 9.59 Å². The van der Waals surface area contributed by atoms with Crippen LogP contribution in [0.1, 0.15) is 31.7 Å². The van der Waals surface area contributed by atoms with Gasteiger partial charge in [0.2, 0.25) is 10.0 Å². The molecule has 1 N–H and O–H groups in total. The van der Waals surface area contributed by atoms with Crippen molar-refractivity contribution in [3.8, 4) is 0 Å². The van der Waals surface area contributed by atoms with Crippen molar-refractivity contribution >= 4 is 39.2 Å². The van der Waals surface area contributed by atoms with Gasteiger partial charge in [-0.25, -0.2) is 12.8 Å². The van der Waals surface area contributed by atoms with Crippen LogP contribution in [0.2, 0.25) is 5.02 Å². The van der Waals surface area contributed by atoms with Crippen LogP contribution in [0.5, 0.6) is 0 Å². The highest BCUT2D eigenvalue weighted by molar-refractivity contribution is 7.89. The molecule has 0 bridgehead atoms. The maximum absolute atomic E-state index is 13.7. The zero-order valence-electron chi connectivity index (χ0n) is 17.5. The van der Waals surface area contributed by atoms with E-state index in [0.717, 1.165) is 19.3 Å². The van der Waals surface area contributed by atoms with Crippen LogP contribution in [-0.2, 0) is 30.8 Å². The Morgan fingerprint density at radius 1 is 1.16 bits per heavy atom. The Labute approximate surface area is 191 Å². The van der Waals surface area contributed by atoms with Crippen molar-refractivity contribution in [1.29, 1.82) is 0 Å². The summed E-state index contributed by atoms with van der Waals surface area (Å²) in [5.41, 5.74) is 0.246. The highest BCUT2D eigenvalue weighted by Crippen LogP contribution is 2.28. The minimum absolute atomic E-state index is 0.0169. The van der Waals surface area contributed by atoms with E-state index in [9.17, 15) is 22.4 Å². The van der Waals surface area contributed by atoms with E-state index < -0.39 is 33.8 Å². The lowest BCUT2D eigenvalue weighted by Gasteiger charge is -2.26. The first-order chi connectivity index (χ1) is 15.2. The molecule has 2 aromatic rings. The summed E-state index contributed by atoms with van der Waals surface area (Å²) in [6.45, 7) is 2.25. The summed E-state index contributed by atoms with van der Waals surface area (Å²) < 4.78 is 46.0. The molecule has 1 unspecified atom stereocenters. The summed E-state index contributed by atoms with van der Waals surface area (Å²) in [7, 11) is -3.71. The van der Waals surface area contributed by atoms with E-state index in [1.807, 2.05) is 0 Å². The summed E-state index contributed by atoms with van der Waals surface area (Å²) in [5.74, 6) is -2.01. The molecular weight excluding hydrogens is 459 g/mol. The molecule has 1 saturated heterocycles. The van der Waals surface area contributed by atoms with E-state index in [0.29, 0.717) is 13.1 Å². The number of halogens is 2. The Morgan fingerprint density at radius 2 is 1.84 bits per heavy atom. The van der Waals surface area contributed by atoms with Crippen LogP contribution < -0.4 is 5.32 Å². The van der Waals surface area contributed by atoms with Crippen LogP contribution in [0.3, 0.4) is 0 Å². The maximum Gasteiger partial charge on any atom is 0.311 e. The van der Waals surface area contributed by atoms with Gasteiger partial charge in [-0.15, -0.1) is 0 Å². The topological polar surface area (TPSA) is 92.8 Å². The number of amides is 1. The molecule has 1 amide bonds. The molecule has 2 aromatic carbocycles. The molecule has 1 atom stereocenters. The van der Waals surface area contributed by atoms with E-state index in [1.54, 1.807) is 6.07 Å². The molecule has 1 aliphatic heterocycles. The minimum atomic E-state index is -3.71. The number of sulfonamides is 1. The largest absolute Gasteiger partial charge is 0.452 e. The third-order valence-electron chi connectivity index (χ3n) is 5.12. The monoisotopic (exact) mass is 482 g/mol. The van der Waals surface area contributed by atoms with Crippen molar-refractivity contribution in [2.45, 2.75) is 43.6 Å². The molecule has 7 nitrogen and oxygen atoms in total. The van der Waals surface area contributed by atoms with Crippen LogP contribution >= 0.6 is 11.6 Å². The van der Waals surface area contributed by atoms with Gasteiger partial charge >= 0.3 is 5.97 Å². The standard InChI is InChI=1S/C22H24ClFN2O5S/c1-15(31-21(27)13-16-7-3-4-8-19(16)24)22(28)25-20-14-17(9-10-18(20)23)32(29,30)26-11-5-2-6-12-26/h3-4,7-10,14-15H,2,5-6,11-13H2,1H3,(H,25,28). The van der Waals surface area contributed by atoms with Gasteiger partial charge in [0.25, 0.3) is 5.91 Å². The Morgan fingerprint density at radius 3 is 2.53 bits per heavy atom. The molecule has 3 rings (SSSR count). The average molecular weight is 483 g/mol.